The highest BCUT2D eigenvalue weighted by Gasteiger charge is 2.20. The molecule has 0 fully saturated rings. The molecule has 25 heavy (non-hydrogen) atoms. The van der Waals surface area contributed by atoms with Crippen molar-refractivity contribution in [1.82, 2.24) is 4.90 Å². The van der Waals surface area contributed by atoms with Crippen molar-refractivity contribution in [2.75, 3.05) is 14.2 Å². The second-order valence-electron chi connectivity index (χ2n) is 6.22. The number of hydrogen-bond donors (Lipinski definition) is 0. The smallest absolute Gasteiger partial charge is 0.223 e. The SMILES string of the molecule is COc1cccc(CCC(=O)N(C)C(C)c2cc3ccccc3o2)c1. The van der Waals surface area contributed by atoms with Crippen LogP contribution in [-0.2, 0) is 11.2 Å². The molecular formula is C21H23NO3. The first kappa shape index (κ1) is 17.1. The molecular weight excluding hydrogens is 314 g/mol. The number of ether oxygens (including phenoxy) is 1. The number of fused-ring (bicyclic) bond motifs is 1. The number of rotatable bonds is 6. The van der Waals surface area contributed by atoms with Crippen LogP contribution in [0.15, 0.2) is 59.0 Å². The topological polar surface area (TPSA) is 42.7 Å². The number of furan rings is 1. The first-order chi connectivity index (χ1) is 12.1. The van der Waals surface area contributed by atoms with Crippen LogP contribution >= 0.6 is 0 Å². The van der Waals surface area contributed by atoms with Crippen molar-refractivity contribution in [2.45, 2.75) is 25.8 Å². The number of nitrogens with zero attached hydrogens (tertiary/aromatic N) is 1. The second-order valence-corrected chi connectivity index (χ2v) is 6.22. The van der Waals surface area contributed by atoms with Crippen LogP contribution in [0.3, 0.4) is 0 Å². The van der Waals surface area contributed by atoms with Crippen LogP contribution in [0.25, 0.3) is 11.0 Å². The molecule has 0 saturated carbocycles. The average molecular weight is 337 g/mol. The Kier molecular flexibility index (Phi) is 5.08. The van der Waals surface area contributed by atoms with Gasteiger partial charge in [0, 0.05) is 18.9 Å². The highest BCUT2D eigenvalue weighted by molar-refractivity contribution is 5.79. The molecule has 0 saturated heterocycles. The Labute approximate surface area is 148 Å². The Hall–Kier alpha value is -2.75. The Morgan fingerprint density at radius 3 is 2.72 bits per heavy atom. The largest absolute Gasteiger partial charge is 0.497 e. The number of carbonyl (C=O) groups is 1. The summed E-state index contributed by atoms with van der Waals surface area (Å²) in [5.41, 5.74) is 1.94. The predicted octanol–water partition coefficient (Wildman–Crippen LogP) is 4.59. The van der Waals surface area contributed by atoms with Crippen molar-refractivity contribution in [2.24, 2.45) is 0 Å². The van der Waals surface area contributed by atoms with E-state index in [1.807, 2.05) is 68.6 Å². The lowest BCUT2D eigenvalue weighted by molar-refractivity contribution is -0.132. The van der Waals surface area contributed by atoms with E-state index >= 15 is 0 Å². The van der Waals surface area contributed by atoms with Crippen molar-refractivity contribution in [3.05, 3.63) is 65.9 Å². The van der Waals surface area contributed by atoms with Crippen molar-refractivity contribution in [3.8, 4) is 5.75 Å². The summed E-state index contributed by atoms with van der Waals surface area (Å²) in [6, 6.07) is 17.6. The van der Waals surface area contributed by atoms with E-state index in [1.165, 1.54) is 0 Å². The van der Waals surface area contributed by atoms with Gasteiger partial charge in [-0.3, -0.25) is 4.79 Å². The zero-order valence-electron chi connectivity index (χ0n) is 14.9. The number of carbonyl (C=O) groups excluding carboxylic acids is 1. The van der Waals surface area contributed by atoms with E-state index in [1.54, 1.807) is 12.0 Å². The fourth-order valence-electron chi connectivity index (χ4n) is 2.87. The van der Waals surface area contributed by atoms with Gasteiger partial charge in [0.1, 0.15) is 17.1 Å². The summed E-state index contributed by atoms with van der Waals surface area (Å²) in [5.74, 6) is 1.71. The standard InChI is InChI=1S/C21H23NO3/c1-15(20-14-17-8-4-5-10-19(17)25-20)22(2)21(23)12-11-16-7-6-9-18(13-16)24-3/h4-10,13-15H,11-12H2,1-3H3. The summed E-state index contributed by atoms with van der Waals surface area (Å²) >= 11 is 0. The molecule has 4 heteroatoms. The molecule has 3 rings (SSSR count). The summed E-state index contributed by atoms with van der Waals surface area (Å²) in [5, 5.41) is 1.06. The van der Waals surface area contributed by atoms with E-state index in [0.29, 0.717) is 12.8 Å². The van der Waals surface area contributed by atoms with Crippen molar-refractivity contribution in [1.29, 1.82) is 0 Å². The lowest BCUT2D eigenvalue weighted by Gasteiger charge is -2.23. The van der Waals surface area contributed by atoms with Gasteiger partial charge in [-0.05, 0) is 43.2 Å². The summed E-state index contributed by atoms with van der Waals surface area (Å²) in [4.78, 5) is 14.3. The van der Waals surface area contributed by atoms with Gasteiger partial charge in [-0.2, -0.15) is 0 Å². The molecule has 0 aliphatic rings. The van der Waals surface area contributed by atoms with E-state index in [-0.39, 0.29) is 11.9 Å². The molecule has 1 aromatic heterocycles. The van der Waals surface area contributed by atoms with Gasteiger partial charge < -0.3 is 14.1 Å². The van der Waals surface area contributed by atoms with Gasteiger partial charge in [-0.25, -0.2) is 0 Å². The van der Waals surface area contributed by atoms with Crippen molar-refractivity contribution < 1.29 is 13.9 Å². The van der Waals surface area contributed by atoms with Crippen LogP contribution < -0.4 is 4.74 Å². The number of methoxy groups -OCH3 is 1. The van der Waals surface area contributed by atoms with Gasteiger partial charge in [0.05, 0.1) is 13.2 Å². The molecule has 2 aromatic carbocycles. The molecule has 0 spiro atoms. The zero-order chi connectivity index (χ0) is 17.8. The molecule has 0 N–H and O–H groups in total. The summed E-state index contributed by atoms with van der Waals surface area (Å²) in [6.45, 7) is 1.99. The van der Waals surface area contributed by atoms with E-state index in [2.05, 4.69) is 0 Å². The molecule has 0 bridgehead atoms. The van der Waals surface area contributed by atoms with Crippen LogP contribution in [0.2, 0.25) is 0 Å². The van der Waals surface area contributed by atoms with E-state index in [4.69, 9.17) is 9.15 Å². The minimum absolute atomic E-state index is 0.0933. The molecule has 130 valence electrons. The number of aryl methyl sites for hydroxylation is 1. The first-order valence-corrected chi connectivity index (χ1v) is 8.45. The summed E-state index contributed by atoms with van der Waals surface area (Å²) < 4.78 is 11.1. The van der Waals surface area contributed by atoms with E-state index < -0.39 is 0 Å². The minimum Gasteiger partial charge on any atom is -0.497 e. The summed E-state index contributed by atoms with van der Waals surface area (Å²) in [7, 11) is 3.47. The molecule has 4 nitrogen and oxygen atoms in total. The van der Waals surface area contributed by atoms with Gasteiger partial charge >= 0.3 is 0 Å². The molecule has 3 aromatic rings. The quantitative estimate of drug-likeness (QED) is 0.660. The lowest BCUT2D eigenvalue weighted by Crippen LogP contribution is -2.29. The number of para-hydroxylation sites is 1. The maximum atomic E-state index is 12.6. The zero-order valence-corrected chi connectivity index (χ0v) is 14.9. The van der Waals surface area contributed by atoms with Crippen LogP contribution in [0.1, 0.15) is 30.7 Å². The predicted molar refractivity (Wildman–Crippen MR) is 98.7 cm³/mol. The number of benzene rings is 2. The van der Waals surface area contributed by atoms with Gasteiger partial charge in [0.15, 0.2) is 0 Å². The Bertz CT molecular complexity index is 835. The fraction of sp³-hybridized carbons (Fsp3) is 0.286. The molecule has 0 aliphatic heterocycles. The van der Waals surface area contributed by atoms with Crippen molar-refractivity contribution in [3.63, 3.8) is 0 Å². The van der Waals surface area contributed by atoms with Crippen LogP contribution in [0.4, 0.5) is 0 Å². The molecule has 0 radical (unpaired) electrons. The Balaban J connectivity index is 1.64. The summed E-state index contributed by atoms with van der Waals surface area (Å²) in [6.07, 6.45) is 1.14. The van der Waals surface area contributed by atoms with Gasteiger partial charge in [-0.15, -0.1) is 0 Å². The average Bonchev–Trinajstić information content (AvgIpc) is 3.09. The van der Waals surface area contributed by atoms with Crippen LogP contribution in [0.5, 0.6) is 5.75 Å². The third-order valence-corrected chi connectivity index (χ3v) is 4.59. The van der Waals surface area contributed by atoms with Crippen LogP contribution in [0, 0.1) is 0 Å². The second kappa shape index (κ2) is 7.43. The highest BCUT2D eigenvalue weighted by Crippen LogP contribution is 2.27. The number of hydrogen-bond acceptors (Lipinski definition) is 3. The van der Waals surface area contributed by atoms with Gasteiger partial charge in [0.25, 0.3) is 0 Å². The maximum Gasteiger partial charge on any atom is 0.223 e. The highest BCUT2D eigenvalue weighted by atomic mass is 16.5. The lowest BCUT2D eigenvalue weighted by atomic mass is 10.1. The Morgan fingerprint density at radius 1 is 1.16 bits per heavy atom. The maximum absolute atomic E-state index is 12.6. The molecule has 1 amide bonds. The van der Waals surface area contributed by atoms with Crippen LogP contribution in [-0.4, -0.2) is 25.0 Å². The molecule has 0 aliphatic carbocycles. The van der Waals surface area contributed by atoms with E-state index in [0.717, 1.165) is 28.0 Å². The Morgan fingerprint density at radius 2 is 1.96 bits per heavy atom. The third-order valence-electron chi connectivity index (χ3n) is 4.59. The monoisotopic (exact) mass is 337 g/mol. The first-order valence-electron chi connectivity index (χ1n) is 8.45. The fourth-order valence-corrected chi connectivity index (χ4v) is 2.87. The third kappa shape index (κ3) is 3.85. The van der Waals surface area contributed by atoms with E-state index in [9.17, 15) is 4.79 Å². The van der Waals surface area contributed by atoms with Gasteiger partial charge in [0.2, 0.25) is 5.91 Å². The van der Waals surface area contributed by atoms with Crippen molar-refractivity contribution >= 4 is 16.9 Å². The molecule has 1 heterocycles. The number of amides is 1. The molecule has 1 atom stereocenters. The van der Waals surface area contributed by atoms with Gasteiger partial charge in [-0.1, -0.05) is 30.3 Å². The minimum atomic E-state index is -0.106. The normalized spacial score (nSPS) is 12.1. The molecule has 1 unspecified atom stereocenters.